The highest BCUT2D eigenvalue weighted by Gasteiger charge is 2.29. The van der Waals surface area contributed by atoms with E-state index in [-0.39, 0.29) is 5.54 Å². The molecule has 1 aliphatic heterocycles. The van der Waals surface area contributed by atoms with Gasteiger partial charge in [0.05, 0.1) is 6.54 Å². The molecular weight excluding hydrogens is 224 g/mol. The van der Waals surface area contributed by atoms with Crippen molar-refractivity contribution in [1.29, 1.82) is 0 Å². The molecule has 1 aromatic rings. The Morgan fingerprint density at radius 2 is 2.28 bits per heavy atom. The fourth-order valence-electron chi connectivity index (χ4n) is 2.63. The van der Waals surface area contributed by atoms with Gasteiger partial charge in [-0.25, -0.2) is 0 Å². The van der Waals surface area contributed by atoms with E-state index < -0.39 is 0 Å². The predicted octanol–water partition coefficient (Wildman–Crippen LogP) is 1.74. The topological polar surface area (TPSA) is 33.1 Å². The smallest absolute Gasteiger partial charge is 0.0536 e. The Labute approximate surface area is 110 Å². The highest BCUT2D eigenvalue weighted by atomic mass is 15.3. The molecule has 1 saturated heterocycles. The van der Waals surface area contributed by atoms with Crippen molar-refractivity contribution in [1.82, 2.24) is 20.0 Å². The lowest BCUT2D eigenvalue weighted by molar-refractivity contribution is 0.164. The molecule has 1 N–H and O–H groups in total. The quantitative estimate of drug-likeness (QED) is 0.883. The monoisotopic (exact) mass is 250 g/mol. The van der Waals surface area contributed by atoms with Crippen LogP contribution in [0.25, 0.3) is 0 Å². The molecule has 0 aliphatic carbocycles. The van der Waals surface area contributed by atoms with Gasteiger partial charge in [0.1, 0.15) is 0 Å². The van der Waals surface area contributed by atoms with Crippen LogP contribution in [0.3, 0.4) is 0 Å². The first-order valence-corrected chi connectivity index (χ1v) is 7.09. The molecule has 0 saturated carbocycles. The van der Waals surface area contributed by atoms with E-state index in [4.69, 9.17) is 0 Å². The Morgan fingerprint density at radius 1 is 1.44 bits per heavy atom. The molecule has 4 nitrogen and oxygen atoms in total. The lowest BCUT2D eigenvalue weighted by atomic mass is 9.98. The summed E-state index contributed by atoms with van der Waals surface area (Å²) >= 11 is 0. The molecule has 1 aromatic heterocycles. The lowest BCUT2D eigenvalue weighted by Gasteiger charge is -2.34. The van der Waals surface area contributed by atoms with Crippen molar-refractivity contribution in [3.05, 3.63) is 18.5 Å². The van der Waals surface area contributed by atoms with Crippen LogP contribution in [0, 0.1) is 0 Å². The minimum absolute atomic E-state index is 0.259. The second-order valence-corrected chi connectivity index (χ2v) is 5.72. The number of rotatable bonds is 4. The summed E-state index contributed by atoms with van der Waals surface area (Å²) in [6, 6.07) is 2.64. The molecule has 0 radical (unpaired) electrons. The maximum atomic E-state index is 4.28. The molecule has 2 unspecified atom stereocenters. The maximum Gasteiger partial charge on any atom is 0.0536 e. The highest BCUT2D eigenvalue weighted by molar-refractivity contribution is 4.90. The Kier molecular flexibility index (Phi) is 4.40. The van der Waals surface area contributed by atoms with Crippen LogP contribution < -0.4 is 5.32 Å². The largest absolute Gasteiger partial charge is 0.310 e. The van der Waals surface area contributed by atoms with Crippen molar-refractivity contribution in [2.45, 2.75) is 51.7 Å². The standard InChI is InChI=1S/C14H26N4/c1-4-14(3)12-17(13(2)6-8-15-14)10-11-18-9-5-7-16-18/h5,7,9,13,15H,4,6,8,10-12H2,1-3H3. The summed E-state index contributed by atoms with van der Waals surface area (Å²) in [6.07, 6.45) is 6.30. The van der Waals surface area contributed by atoms with Crippen molar-refractivity contribution >= 4 is 0 Å². The SMILES string of the molecule is CCC1(C)CN(CCn2cccn2)C(C)CCN1. The zero-order chi connectivity index (χ0) is 13.0. The summed E-state index contributed by atoms with van der Waals surface area (Å²) in [5.41, 5.74) is 0.259. The van der Waals surface area contributed by atoms with Crippen molar-refractivity contribution < 1.29 is 0 Å². The molecule has 0 aromatic carbocycles. The van der Waals surface area contributed by atoms with Crippen LogP contribution in [0.15, 0.2) is 18.5 Å². The first-order valence-electron chi connectivity index (χ1n) is 7.09. The minimum Gasteiger partial charge on any atom is -0.310 e. The molecule has 1 fully saturated rings. The Bertz CT molecular complexity index is 349. The Morgan fingerprint density at radius 3 is 2.94 bits per heavy atom. The van der Waals surface area contributed by atoms with Gasteiger partial charge in [-0.15, -0.1) is 0 Å². The van der Waals surface area contributed by atoms with Crippen LogP contribution in [0.2, 0.25) is 0 Å². The molecular formula is C14H26N4. The van der Waals surface area contributed by atoms with E-state index in [1.54, 1.807) is 0 Å². The van der Waals surface area contributed by atoms with E-state index in [1.807, 2.05) is 23.1 Å². The van der Waals surface area contributed by atoms with Crippen molar-refractivity contribution in [2.24, 2.45) is 0 Å². The molecule has 4 heteroatoms. The Balaban J connectivity index is 1.95. The summed E-state index contributed by atoms with van der Waals surface area (Å²) < 4.78 is 2.02. The van der Waals surface area contributed by atoms with Gasteiger partial charge < -0.3 is 5.32 Å². The van der Waals surface area contributed by atoms with Crippen LogP contribution in [-0.4, -0.2) is 45.9 Å². The Hall–Kier alpha value is -0.870. The summed E-state index contributed by atoms with van der Waals surface area (Å²) in [4.78, 5) is 2.60. The van der Waals surface area contributed by atoms with Gasteiger partial charge in [-0.3, -0.25) is 9.58 Å². The number of hydrogen-bond acceptors (Lipinski definition) is 3. The number of nitrogens with one attached hydrogen (secondary N) is 1. The van der Waals surface area contributed by atoms with Crippen molar-refractivity contribution in [2.75, 3.05) is 19.6 Å². The third-order valence-electron chi connectivity index (χ3n) is 4.25. The highest BCUT2D eigenvalue weighted by Crippen LogP contribution is 2.18. The average molecular weight is 250 g/mol. The summed E-state index contributed by atoms with van der Waals surface area (Å²) in [7, 11) is 0. The predicted molar refractivity (Wildman–Crippen MR) is 74.6 cm³/mol. The third-order valence-corrected chi connectivity index (χ3v) is 4.25. The first kappa shape index (κ1) is 13.6. The van der Waals surface area contributed by atoms with E-state index >= 15 is 0 Å². The number of hydrogen-bond donors (Lipinski definition) is 1. The van der Waals surface area contributed by atoms with Gasteiger partial charge in [0, 0.05) is 37.1 Å². The van der Waals surface area contributed by atoms with Gasteiger partial charge in [0.2, 0.25) is 0 Å². The fraction of sp³-hybridized carbons (Fsp3) is 0.786. The van der Waals surface area contributed by atoms with Crippen LogP contribution in [0.5, 0.6) is 0 Å². The normalized spacial score (nSPS) is 30.3. The van der Waals surface area contributed by atoms with Crippen molar-refractivity contribution in [3.63, 3.8) is 0 Å². The second kappa shape index (κ2) is 5.85. The number of aromatic nitrogens is 2. The van der Waals surface area contributed by atoms with Crippen LogP contribution in [0.1, 0.15) is 33.6 Å². The van der Waals surface area contributed by atoms with Gasteiger partial charge in [-0.05, 0) is 39.3 Å². The summed E-state index contributed by atoms with van der Waals surface area (Å²) in [6.45, 7) is 11.3. The molecule has 102 valence electrons. The van der Waals surface area contributed by atoms with E-state index in [9.17, 15) is 0 Å². The molecule has 1 aliphatic rings. The molecule has 2 rings (SSSR count). The van der Waals surface area contributed by atoms with E-state index in [0.717, 1.165) is 26.2 Å². The maximum absolute atomic E-state index is 4.28. The zero-order valence-corrected chi connectivity index (χ0v) is 11.9. The molecule has 2 atom stereocenters. The third kappa shape index (κ3) is 3.33. The van der Waals surface area contributed by atoms with Gasteiger partial charge in [-0.2, -0.15) is 5.10 Å². The molecule has 18 heavy (non-hydrogen) atoms. The van der Waals surface area contributed by atoms with Gasteiger partial charge in [0.25, 0.3) is 0 Å². The first-order chi connectivity index (χ1) is 8.63. The van der Waals surface area contributed by atoms with E-state index in [1.165, 1.54) is 12.8 Å². The minimum atomic E-state index is 0.259. The molecule has 0 amide bonds. The van der Waals surface area contributed by atoms with Gasteiger partial charge in [-0.1, -0.05) is 6.92 Å². The van der Waals surface area contributed by atoms with E-state index in [2.05, 4.69) is 36.1 Å². The second-order valence-electron chi connectivity index (χ2n) is 5.72. The lowest BCUT2D eigenvalue weighted by Crippen LogP contribution is -2.50. The summed E-state index contributed by atoms with van der Waals surface area (Å²) in [5.74, 6) is 0. The molecule has 0 spiro atoms. The van der Waals surface area contributed by atoms with Crippen LogP contribution >= 0.6 is 0 Å². The zero-order valence-electron chi connectivity index (χ0n) is 11.9. The van der Waals surface area contributed by atoms with Crippen molar-refractivity contribution in [3.8, 4) is 0 Å². The van der Waals surface area contributed by atoms with E-state index in [0.29, 0.717) is 6.04 Å². The van der Waals surface area contributed by atoms with Crippen LogP contribution in [0.4, 0.5) is 0 Å². The number of nitrogens with zero attached hydrogens (tertiary/aromatic N) is 3. The average Bonchev–Trinajstić information content (AvgIpc) is 2.82. The molecule has 0 bridgehead atoms. The summed E-state index contributed by atoms with van der Waals surface area (Å²) in [5, 5.41) is 7.98. The fourth-order valence-corrected chi connectivity index (χ4v) is 2.63. The van der Waals surface area contributed by atoms with Gasteiger partial charge in [0.15, 0.2) is 0 Å². The van der Waals surface area contributed by atoms with Crippen LogP contribution in [-0.2, 0) is 6.54 Å². The molecule has 2 heterocycles. The van der Waals surface area contributed by atoms with Gasteiger partial charge >= 0.3 is 0 Å².